The summed E-state index contributed by atoms with van der Waals surface area (Å²) in [7, 11) is 0. The summed E-state index contributed by atoms with van der Waals surface area (Å²) >= 11 is 9.51. The monoisotopic (exact) mass is 463 g/mol. The van der Waals surface area contributed by atoms with Gasteiger partial charge >= 0.3 is 5.97 Å². The number of hydroxylamine groups is 2. The fourth-order valence-electron chi connectivity index (χ4n) is 2.49. The van der Waals surface area contributed by atoms with Gasteiger partial charge < -0.3 is 9.57 Å². The predicted molar refractivity (Wildman–Crippen MR) is 106 cm³/mol. The van der Waals surface area contributed by atoms with Gasteiger partial charge in [-0.05, 0) is 30.3 Å². The number of carbonyl (C=O) groups excluding carboxylic acids is 3. The van der Waals surface area contributed by atoms with Crippen molar-refractivity contribution < 1.29 is 24.0 Å². The molecule has 0 saturated carbocycles. The van der Waals surface area contributed by atoms with E-state index in [0.29, 0.717) is 21.4 Å². The van der Waals surface area contributed by atoms with Crippen molar-refractivity contribution in [3.8, 4) is 5.75 Å². The molecule has 0 atom stereocenters. The lowest BCUT2D eigenvalue weighted by molar-refractivity contribution is -0.193. The van der Waals surface area contributed by atoms with E-state index in [-0.39, 0.29) is 19.4 Å². The lowest BCUT2D eigenvalue weighted by Crippen LogP contribution is -2.31. The summed E-state index contributed by atoms with van der Waals surface area (Å²) in [6, 6.07) is 12.7. The van der Waals surface area contributed by atoms with E-state index in [1.165, 1.54) is 6.08 Å². The van der Waals surface area contributed by atoms with Crippen molar-refractivity contribution in [2.24, 2.45) is 0 Å². The van der Waals surface area contributed by atoms with Crippen LogP contribution in [-0.2, 0) is 25.8 Å². The number of nitrogens with zero attached hydrogens (tertiary/aromatic N) is 1. The summed E-state index contributed by atoms with van der Waals surface area (Å²) in [6.07, 6.45) is 2.70. The summed E-state index contributed by atoms with van der Waals surface area (Å²) in [6.45, 7) is 0.253. The van der Waals surface area contributed by atoms with Crippen LogP contribution in [0.25, 0.3) is 6.08 Å². The van der Waals surface area contributed by atoms with Gasteiger partial charge in [-0.3, -0.25) is 9.59 Å². The van der Waals surface area contributed by atoms with E-state index in [1.807, 2.05) is 18.2 Å². The Kier molecular flexibility index (Phi) is 6.49. The maximum absolute atomic E-state index is 12.0. The van der Waals surface area contributed by atoms with Crippen LogP contribution in [0.3, 0.4) is 0 Å². The normalized spacial score (nSPS) is 14.0. The molecular formula is C20H15BrClNO5. The zero-order valence-corrected chi connectivity index (χ0v) is 16.9. The Morgan fingerprint density at radius 1 is 1.14 bits per heavy atom. The highest BCUT2D eigenvalue weighted by atomic mass is 79.9. The summed E-state index contributed by atoms with van der Waals surface area (Å²) in [5, 5.41) is 1.10. The average molecular weight is 465 g/mol. The molecule has 2 amide bonds. The molecule has 0 bridgehead atoms. The molecule has 6 nitrogen and oxygen atoms in total. The molecule has 3 rings (SSSR count). The minimum Gasteiger partial charge on any atom is -0.488 e. The van der Waals surface area contributed by atoms with Gasteiger partial charge in [-0.1, -0.05) is 45.7 Å². The number of benzene rings is 2. The molecule has 8 heteroatoms. The van der Waals surface area contributed by atoms with E-state index in [4.69, 9.17) is 21.2 Å². The highest BCUT2D eigenvalue weighted by molar-refractivity contribution is 9.10. The van der Waals surface area contributed by atoms with Crippen LogP contribution in [0.5, 0.6) is 5.75 Å². The molecule has 0 aromatic heterocycles. The minimum absolute atomic E-state index is 0.0431. The predicted octanol–water partition coefficient (Wildman–Crippen LogP) is 4.30. The molecule has 1 saturated heterocycles. The second-order valence-corrected chi connectivity index (χ2v) is 7.21. The molecule has 1 heterocycles. The van der Waals surface area contributed by atoms with Crippen LogP contribution < -0.4 is 4.74 Å². The van der Waals surface area contributed by atoms with Gasteiger partial charge in [-0.25, -0.2) is 4.79 Å². The van der Waals surface area contributed by atoms with Gasteiger partial charge in [0, 0.05) is 39.5 Å². The Hall–Kier alpha value is -2.64. The molecular weight excluding hydrogens is 450 g/mol. The van der Waals surface area contributed by atoms with Crippen LogP contribution in [0.2, 0.25) is 5.02 Å². The van der Waals surface area contributed by atoms with Crippen LogP contribution in [0.1, 0.15) is 24.0 Å². The first-order valence-electron chi connectivity index (χ1n) is 8.35. The molecule has 144 valence electrons. The molecule has 1 fully saturated rings. The number of hydrogen-bond acceptors (Lipinski definition) is 5. The highest BCUT2D eigenvalue weighted by Gasteiger charge is 2.32. The molecule has 0 unspecified atom stereocenters. The number of hydrogen-bond donors (Lipinski definition) is 0. The molecule has 1 aliphatic heterocycles. The first kappa shape index (κ1) is 20.1. The molecule has 0 radical (unpaired) electrons. The maximum atomic E-state index is 12.0. The summed E-state index contributed by atoms with van der Waals surface area (Å²) in [5.41, 5.74) is 1.44. The van der Waals surface area contributed by atoms with Gasteiger partial charge in [-0.2, -0.15) is 0 Å². The maximum Gasteiger partial charge on any atom is 0.356 e. The number of halogens is 2. The number of rotatable bonds is 6. The van der Waals surface area contributed by atoms with Gasteiger partial charge in [0.05, 0.1) is 0 Å². The van der Waals surface area contributed by atoms with Crippen LogP contribution in [0, 0.1) is 0 Å². The molecule has 2 aromatic carbocycles. The van der Waals surface area contributed by atoms with E-state index < -0.39 is 17.8 Å². The zero-order valence-electron chi connectivity index (χ0n) is 14.6. The minimum atomic E-state index is -0.833. The number of imide groups is 1. The standard InChI is InChI=1S/C20H15BrClNO5/c21-15-6-7-17(27-12-14-3-1-2-4-16(14)22)13(11-15)5-10-20(26)28-23-18(24)8-9-19(23)25/h1-7,10-11H,8-9,12H2/b10-5+. The van der Waals surface area contributed by atoms with Gasteiger partial charge in [0.15, 0.2) is 0 Å². The van der Waals surface area contributed by atoms with Gasteiger partial charge in [0.1, 0.15) is 12.4 Å². The van der Waals surface area contributed by atoms with E-state index in [2.05, 4.69) is 15.9 Å². The molecule has 28 heavy (non-hydrogen) atoms. The van der Waals surface area contributed by atoms with Crippen molar-refractivity contribution in [2.45, 2.75) is 19.4 Å². The third kappa shape index (κ3) is 4.99. The van der Waals surface area contributed by atoms with Crippen molar-refractivity contribution >= 4 is 51.4 Å². The largest absolute Gasteiger partial charge is 0.488 e. The topological polar surface area (TPSA) is 72.9 Å². The van der Waals surface area contributed by atoms with Crippen molar-refractivity contribution in [3.05, 3.63) is 69.2 Å². The molecule has 0 spiro atoms. The molecule has 1 aliphatic rings. The fourth-order valence-corrected chi connectivity index (χ4v) is 3.06. The van der Waals surface area contributed by atoms with Crippen LogP contribution in [-0.4, -0.2) is 22.8 Å². The third-order valence-corrected chi connectivity index (χ3v) is 4.76. The SMILES string of the molecule is O=C(/C=C/c1cc(Br)ccc1OCc1ccccc1Cl)ON1C(=O)CCC1=O. The van der Waals surface area contributed by atoms with Gasteiger partial charge in [0.25, 0.3) is 11.8 Å². The molecule has 0 aliphatic carbocycles. The number of carbonyl (C=O) groups is 3. The lowest BCUT2D eigenvalue weighted by Gasteiger charge is -2.12. The summed E-state index contributed by atoms with van der Waals surface area (Å²) < 4.78 is 6.62. The van der Waals surface area contributed by atoms with E-state index >= 15 is 0 Å². The summed E-state index contributed by atoms with van der Waals surface area (Å²) in [4.78, 5) is 39.8. The van der Waals surface area contributed by atoms with Gasteiger partial charge in [-0.15, -0.1) is 5.06 Å². The van der Waals surface area contributed by atoms with E-state index in [9.17, 15) is 14.4 Å². The van der Waals surface area contributed by atoms with E-state index in [0.717, 1.165) is 16.1 Å². The average Bonchev–Trinajstić information content (AvgIpc) is 2.98. The summed E-state index contributed by atoms with van der Waals surface area (Å²) in [5.74, 6) is -1.36. The van der Waals surface area contributed by atoms with Crippen LogP contribution in [0.4, 0.5) is 0 Å². The first-order chi connectivity index (χ1) is 13.4. The Bertz CT molecular complexity index is 943. The molecule has 2 aromatic rings. The third-order valence-electron chi connectivity index (χ3n) is 3.90. The highest BCUT2D eigenvalue weighted by Crippen LogP contribution is 2.26. The quantitative estimate of drug-likeness (QED) is 0.471. The van der Waals surface area contributed by atoms with Crippen molar-refractivity contribution in [3.63, 3.8) is 0 Å². The zero-order chi connectivity index (χ0) is 20.1. The second kappa shape index (κ2) is 9.03. The molecule has 0 N–H and O–H groups in total. The Labute approximate surface area is 174 Å². The number of ether oxygens (including phenoxy) is 1. The fraction of sp³-hybridized carbons (Fsp3) is 0.150. The van der Waals surface area contributed by atoms with Crippen LogP contribution in [0.15, 0.2) is 53.0 Å². The first-order valence-corrected chi connectivity index (χ1v) is 9.52. The van der Waals surface area contributed by atoms with Crippen molar-refractivity contribution in [2.75, 3.05) is 0 Å². The Balaban J connectivity index is 1.70. The Morgan fingerprint density at radius 3 is 2.57 bits per heavy atom. The second-order valence-electron chi connectivity index (χ2n) is 5.89. The number of amides is 2. The van der Waals surface area contributed by atoms with Gasteiger partial charge in [0.2, 0.25) is 0 Å². The Morgan fingerprint density at radius 2 is 1.86 bits per heavy atom. The smallest absolute Gasteiger partial charge is 0.356 e. The van der Waals surface area contributed by atoms with Crippen LogP contribution >= 0.6 is 27.5 Å². The van der Waals surface area contributed by atoms with Crippen molar-refractivity contribution in [1.29, 1.82) is 0 Å². The lowest BCUT2D eigenvalue weighted by atomic mass is 10.2. The van der Waals surface area contributed by atoms with Crippen molar-refractivity contribution in [1.82, 2.24) is 5.06 Å². The van der Waals surface area contributed by atoms with E-state index in [1.54, 1.807) is 24.3 Å².